The van der Waals surface area contributed by atoms with Crippen molar-refractivity contribution in [1.29, 1.82) is 0 Å². The van der Waals surface area contributed by atoms with E-state index < -0.39 is 5.97 Å². The molecule has 1 amide bonds. The highest BCUT2D eigenvalue weighted by Gasteiger charge is 2.33. The molecule has 0 aromatic heterocycles. The van der Waals surface area contributed by atoms with Gasteiger partial charge in [0.25, 0.3) is 0 Å². The van der Waals surface area contributed by atoms with Gasteiger partial charge in [0, 0.05) is 23.1 Å². The van der Waals surface area contributed by atoms with Gasteiger partial charge in [-0.25, -0.2) is 0 Å². The highest BCUT2D eigenvalue weighted by atomic mass is 79.9. The Morgan fingerprint density at radius 1 is 1.45 bits per heavy atom. The lowest BCUT2D eigenvalue weighted by atomic mass is 9.99. The second kappa shape index (κ2) is 7.13. The van der Waals surface area contributed by atoms with Gasteiger partial charge in [-0.1, -0.05) is 29.8 Å². The van der Waals surface area contributed by atoms with E-state index in [4.69, 9.17) is 9.84 Å². The third kappa shape index (κ3) is 4.00. The summed E-state index contributed by atoms with van der Waals surface area (Å²) in [5.41, 5.74) is 0.864. The third-order valence-corrected chi connectivity index (χ3v) is 4.04. The maximum atomic E-state index is 12.8. The molecular formula is C16H20BrNO4. The number of benzene rings is 1. The molecule has 1 atom stereocenters. The fourth-order valence-corrected chi connectivity index (χ4v) is 2.95. The normalized spacial score (nSPS) is 16.3. The van der Waals surface area contributed by atoms with Crippen molar-refractivity contribution in [3.8, 4) is 5.75 Å². The Morgan fingerprint density at radius 3 is 2.82 bits per heavy atom. The minimum absolute atomic E-state index is 0.0443. The van der Waals surface area contributed by atoms with Crippen molar-refractivity contribution >= 4 is 27.8 Å². The lowest BCUT2D eigenvalue weighted by Gasteiger charge is -2.26. The predicted molar refractivity (Wildman–Crippen MR) is 86.0 cm³/mol. The number of aliphatic carboxylic acids is 1. The van der Waals surface area contributed by atoms with Crippen molar-refractivity contribution in [3.63, 3.8) is 0 Å². The molecule has 0 fully saturated rings. The number of hydrogen-bond donors (Lipinski definition) is 1. The summed E-state index contributed by atoms with van der Waals surface area (Å²) in [5, 5.41) is 8.87. The largest absolute Gasteiger partial charge is 0.492 e. The highest BCUT2D eigenvalue weighted by molar-refractivity contribution is 9.10. The van der Waals surface area contributed by atoms with Crippen LogP contribution in [0.4, 0.5) is 0 Å². The summed E-state index contributed by atoms with van der Waals surface area (Å²) in [4.78, 5) is 25.3. The van der Waals surface area contributed by atoms with Crippen LogP contribution in [-0.4, -0.2) is 41.6 Å². The molecular weight excluding hydrogens is 350 g/mol. The number of nitrogens with zero attached hydrogens (tertiary/aromatic N) is 1. The molecule has 1 aliphatic heterocycles. The van der Waals surface area contributed by atoms with Crippen LogP contribution in [0.3, 0.4) is 0 Å². The first kappa shape index (κ1) is 16.8. The minimum atomic E-state index is -0.896. The topological polar surface area (TPSA) is 66.8 Å². The van der Waals surface area contributed by atoms with Crippen molar-refractivity contribution in [1.82, 2.24) is 4.90 Å². The van der Waals surface area contributed by atoms with Gasteiger partial charge in [0.05, 0.1) is 6.42 Å². The minimum Gasteiger partial charge on any atom is -0.492 e. The molecule has 1 unspecified atom stereocenters. The Labute approximate surface area is 138 Å². The molecule has 0 saturated carbocycles. The average Bonchev–Trinajstić information content (AvgIpc) is 2.85. The first-order valence-corrected chi connectivity index (χ1v) is 8.10. The van der Waals surface area contributed by atoms with Crippen LogP contribution >= 0.6 is 15.9 Å². The molecule has 1 heterocycles. The summed E-state index contributed by atoms with van der Waals surface area (Å²) in [5.74, 6) is -0.314. The lowest BCUT2D eigenvalue weighted by Crippen LogP contribution is -2.39. The monoisotopic (exact) mass is 369 g/mol. The summed E-state index contributed by atoms with van der Waals surface area (Å²) in [6.45, 7) is 5.11. The van der Waals surface area contributed by atoms with Crippen LogP contribution in [0.2, 0.25) is 0 Å². The number of hydrogen-bond acceptors (Lipinski definition) is 3. The number of carboxylic acid groups (broad SMARTS) is 1. The molecule has 6 heteroatoms. The van der Waals surface area contributed by atoms with Crippen molar-refractivity contribution in [2.24, 2.45) is 5.92 Å². The van der Waals surface area contributed by atoms with E-state index in [2.05, 4.69) is 15.9 Å². The Morgan fingerprint density at radius 2 is 2.18 bits per heavy atom. The van der Waals surface area contributed by atoms with Crippen LogP contribution in [0.5, 0.6) is 5.75 Å². The molecule has 22 heavy (non-hydrogen) atoms. The van der Waals surface area contributed by atoms with Gasteiger partial charge in [-0.2, -0.15) is 0 Å². The van der Waals surface area contributed by atoms with E-state index in [-0.39, 0.29) is 30.7 Å². The average molecular weight is 370 g/mol. The molecule has 2 rings (SSSR count). The second-order valence-corrected chi connectivity index (χ2v) is 6.78. The van der Waals surface area contributed by atoms with Gasteiger partial charge >= 0.3 is 5.97 Å². The van der Waals surface area contributed by atoms with Crippen LogP contribution in [0, 0.1) is 5.92 Å². The summed E-state index contributed by atoms with van der Waals surface area (Å²) in [6, 6.07) is 5.62. The van der Waals surface area contributed by atoms with E-state index in [1.807, 2.05) is 32.0 Å². The molecule has 1 aliphatic rings. The number of amides is 1. The fourth-order valence-electron chi connectivity index (χ4n) is 2.57. The van der Waals surface area contributed by atoms with Crippen LogP contribution < -0.4 is 4.74 Å². The van der Waals surface area contributed by atoms with Gasteiger partial charge in [-0.05, 0) is 24.1 Å². The number of carbonyl (C=O) groups excluding carboxylic acids is 1. The van der Waals surface area contributed by atoms with Crippen LogP contribution in [0.1, 0.15) is 31.7 Å². The lowest BCUT2D eigenvalue weighted by molar-refractivity contribution is -0.139. The quantitative estimate of drug-likeness (QED) is 0.836. The van der Waals surface area contributed by atoms with E-state index in [9.17, 15) is 9.59 Å². The van der Waals surface area contributed by atoms with Crippen LogP contribution in [0.25, 0.3) is 0 Å². The number of fused-ring (bicyclic) bond motifs is 1. The standard InChI is InChI=1S/C16H20BrNO4/c1-10(2)8-18(6-5-15(19)20)16(21)13-9-22-14-4-3-11(17)7-12(13)14/h3-4,7,10,13H,5-6,8-9H2,1-2H3,(H,19,20). The highest BCUT2D eigenvalue weighted by Crippen LogP contribution is 2.37. The molecule has 120 valence electrons. The number of carboxylic acids is 1. The Bertz CT molecular complexity index is 573. The third-order valence-electron chi connectivity index (χ3n) is 3.54. The van der Waals surface area contributed by atoms with Gasteiger partial charge in [0.1, 0.15) is 18.3 Å². The number of halogens is 1. The number of rotatable bonds is 6. The molecule has 1 aromatic carbocycles. The molecule has 0 aliphatic carbocycles. The van der Waals surface area contributed by atoms with Crippen molar-refractivity contribution in [3.05, 3.63) is 28.2 Å². The Hall–Kier alpha value is -1.56. The summed E-state index contributed by atoms with van der Waals surface area (Å²) >= 11 is 3.41. The smallest absolute Gasteiger partial charge is 0.305 e. The first-order chi connectivity index (χ1) is 10.4. The Balaban J connectivity index is 2.17. The van der Waals surface area contributed by atoms with E-state index >= 15 is 0 Å². The Kier molecular flexibility index (Phi) is 5.45. The van der Waals surface area contributed by atoms with Crippen LogP contribution in [0.15, 0.2) is 22.7 Å². The first-order valence-electron chi connectivity index (χ1n) is 7.31. The molecule has 5 nitrogen and oxygen atoms in total. The molecule has 0 bridgehead atoms. The van der Waals surface area contributed by atoms with Crippen molar-refractivity contribution in [2.45, 2.75) is 26.2 Å². The van der Waals surface area contributed by atoms with Gasteiger partial charge < -0.3 is 14.7 Å². The van der Waals surface area contributed by atoms with E-state index in [1.165, 1.54) is 0 Å². The summed E-state index contributed by atoms with van der Waals surface area (Å²) in [6.07, 6.45) is -0.0443. The maximum absolute atomic E-state index is 12.8. The number of ether oxygens (including phenoxy) is 1. The fraction of sp³-hybridized carbons (Fsp3) is 0.500. The van der Waals surface area contributed by atoms with Gasteiger partial charge in [-0.15, -0.1) is 0 Å². The molecule has 0 saturated heterocycles. The molecule has 0 spiro atoms. The summed E-state index contributed by atoms with van der Waals surface area (Å²) in [7, 11) is 0. The molecule has 0 radical (unpaired) electrons. The molecule has 1 N–H and O–H groups in total. The van der Waals surface area contributed by atoms with Gasteiger partial charge in [-0.3, -0.25) is 9.59 Å². The zero-order valence-corrected chi connectivity index (χ0v) is 14.3. The molecule has 1 aromatic rings. The van der Waals surface area contributed by atoms with E-state index in [1.54, 1.807) is 4.90 Å². The van der Waals surface area contributed by atoms with E-state index in [0.29, 0.717) is 13.2 Å². The SMILES string of the molecule is CC(C)CN(CCC(=O)O)C(=O)C1COc2ccc(Br)cc21. The zero-order chi connectivity index (χ0) is 16.3. The van der Waals surface area contributed by atoms with E-state index in [0.717, 1.165) is 15.8 Å². The van der Waals surface area contributed by atoms with Crippen LogP contribution in [-0.2, 0) is 9.59 Å². The van der Waals surface area contributed by atoms with Crippen molar-refractivity contribution < 1.29 is 19.4 Å². The maximum Gasteiger partial charge on any atom is 0.305 e. The number of carbonyl (C=O) groups is 2. The van der Waals surface area contributed by atoms with Gasteiger partial charge in [0.15, 0.2) is 0 Å². The predicted octanol–water partition coefficient (Wildman–Crippen LogP) is 2.88. The summed E-state index contributed by atoms with van der Waals surface area (Å²) < 4.78 is 6.48. The second-order valence-electron chi connectivity index (χ2n) is 5.87. The van der Waals surface area contributed by atoms with Gasteiger partial charge in [0.2, 0.25) is 5.91 Å². The van der Waals surface area contributed by atoms with Crippen molar-refractivity contribution in [2.75, 3.05) is 19.7 Å². The zero-order valence-electron chi connectivity index (χ0n) is 12.7.